The van der Waals surface area contributed by atoms with Crippen LogP contribution in [0.3, 0.4) is 0 Å². The second-order valence-electron chi connectivity index (χ2n) is 10.9. The summed E-state index contributed by atoms with van der Waals surface area (Å²) in [6.45, 7) is 7.25. The number of methoxy groups -OCH3 is 1. The molecular weight excluding hydrogens is 392 g/mol. The first-order valence-corrected chi connectivity index (χ1v) is 13.6. The highest BCUT2D eigenvalue weighted by Gasteiger charge is 2.56. The molecule has 0 amide bonds. The third-order valence-electron chi connectivity index (χ3n) is 9.61. The van der Waals surface area contributed by atoms with E-state index in [1.807, 2.05) is 44.2 Å². The van der Waals surface area contributed by atoms with E-state index in [9.17, 15) is 4.79 Å². The summed E-state index contributed by atoms with van der Waals surface area (Å²) in [5.74, 6) is 5.87. The van der Waals surface area contributed by atoms with Crippen molar-refractivity contribution in [2.45, 2.75) is 98.0 Å². The minimum atomic E-state index is 0.504. The molecule has 180 valence electrons. The van der Waals surface area contributed by atoms with E-state index >= 15 is 0 Å². The van der Waals surface area contributed by atoms with Crippen molar-refractivity contribution in [1.82, 2.24) is 0 Å². The van der Waals surface area contributed by atoms with Gasteiger partial charge in [0.25, 0.3) is 0 Å². The van der Waals surface area contributed by atoms with Gasteiger partial charge in [0, 0.05) is 13.5 Å². The van der Waals surface area contributed by atoms with Crippen LogP contribution < -0.4 is 0 Å². The molecule has 32 heavy (non-hydrogen) atoms. The first-order chi connectivity index (χ1) is 15.7. The Morgan fingerprint density at radius 2 is 1.66 bits per heavy atom. The molecule has 5 rings (SSSR count). The van der Waals surface area contributed by atoms with E-state index < -0.39 is 0 Å². The lowest BCUT2D eigenvalue weighted by Gasteiger charge is -2.55. The standard InChI is InChI=1S/C20H32O.C8H10O.C2H6/c1-20-12-10-17-16-5-3-2-4-14(16)6-8-18(17)19(20)9-7-15(20)11-13-21;1-9-7-8-5-3-2-4-6-8;1-2/h13-19H,2-12H2,1H3;2-6H,7H2,1H3;1-2H3. The molecule has 7 atom stereocenters. The first-order valence-electron chi connectivity index (χ1n) is 13.6. The average Bonchev–Trinajstić information content (AvgIpc) is 3.18. The van der Waals surface area contributed by atoms with Gasteiger partial charge in [-0.05, 0) is 91.4 Å². The van der Waals surface area contributed by atoms with E-state index in [0.717, 1.165) is 36.0 Å². The number of hydrogen-bond acceptors (Lipinski definition) is 2. The summed E-state index contributed by atoms with van der Waals surface area (Å²) in [4.78, 5) is 11.0. The Kier molecular flexibility index (Phi) is 9.83. The molecule has 0 heterocycles. The quantitative estimate of drug-likeness (QED) is 0.442. The van der Waals surface area contributed by atoms with Crippen LogP contribution in [0.1, 0.15) is 97.0 Å². The number of fused-ring (bicyclic) bond motifs is 5. The Hall–Kier alpha value is -1.15. The lowest BCUT2D eigenvalue weighted by atomic mass is 9.49. The predicted molar refractivity (Wildman–Crippen MR) is 134 cm³/mol. The number of hydrogen-bond donors (Lipinski definition) is 0. The Bertz CT molecular complexity index is 671. The van der Waals surface area contributed by atoms with Crippen LogP contribution in [0, 0.1) is 40.9 Å². The SMILES string of the molecule is CC.CC12CCC3C4CCCCC4CCC3C1CCC2CC=O.COCc1ccccc1. The van der Waals surface area contributed by atoms with E-state index in [1.165, 1.54) is 76.1 Å². The fraction of sp³-hybridized carbons (Fsp3) is 0.767. The molecular formula is C30H48O2. The van der Waals surface area contributed by atoms with Gasteiger partial charge in [0.15, 0.2) is 0 Å². The second-order valence-corrected chi connectivity index (χ2v) is 10.9. The molecule has 0 bridgehead atoms. The average molecular weight is 441 g/mol. The van der Waals surface area contributed by atoms with Crippen molar-refractivity contribution in [3.05, 3.63) is 35.9 Å². The number of carbonyl (C=O) groups excluding carboxylic acids is 1. The Morgan fingerprint density at radius 1 is 0.906 bits per heavy atom. The maximum absolute atomic E-state index is 11.0. The van der Waals surface area contributed by atoms with E-state index in [0.29, 0.717) is 17.9 Å². The van der Waals surface area contributed by atoms with Crippen LogP contribution in [0.5, 0.6) is 0 Å². The number of aldehydes is 1. The topological polar surface area (TPSA) is 26.3 Å². The van der Waals surface area contributed by atoms with Gasteiger partial charge in [-0.15, -0.1) is 0 Å². The second kappa shape index (κ2) is 12.4. The number of carbonyl (C=O) groups is 1. The fourth-order valence-corrected chi connectivity index (χ4v) is 8.18. The lowest BCUT2D eigenvalue weighted by Crippen LogP contribution is -2.48. The van der Waals surface area contributed by atoms with Gasteiger partial charge in [-0.3, -0.25) is 0 Å². The van der Waals surface area contributed by atoms with Gasteiger partial charge in [-0.1, -0.05) is 70.4 Å². The van der Waals surface area contributed by atoms with E-state index in [4.69, 9.17) is 4.74 Å². The van der Waals surface area contributed by atoms with Gasteiger partial charge in [-0.2, -0.15) is 0 Å². The monoisotopic (exact) mass is 440 g/mol. The van der Waals surface area contributed by atoms with Gasteiger partial charge in [0.05, 0.1) is 6.61 Å². The minimum Gasteiger partial charge on any atom is -0.380 e. The molecule has 4 aliphatic rings. The Morgan fingerprint density at radius 3 is 2.38 bits per heavy atom. The Balaban J connectivity index is 0.000000222. The summed E-state index contributed by atoms with van der Waals surface area (Å²) in [5, 5.41) is 0. The molecule has 0 aliphatic heterocycles. The zero-order valence-corrected chi connectivity index (χ0v) is 21.2. The highest BCUT2D eigenvalue weighted by Crippen LogP contribution is 2.64. The molecule has 0 N–H and O–H groups in total. The Labute approximate surface area is 197 Å². The number of benzene rings is 1. The number of ether oxygens (including phenoxy) is 1. The van der Waals surface area contributed by atoms with Crippen LogP contribution in [0.2, 0.25) is 0 Å². The van der Waals surface area contributed by atoms with E-state index in [2.05, 4.69) is 6.92 Å². The van der Waals surface area contributed by atoms with Crippen LogP contribution in [-0.2, 0) is 16.1 Å². The van der Waals surface area contributed by atoms with Crippen LogP contribution in [-0.4, -0.2) is 13.4 Å². The van der Waals surface area contributed by atoms with Crippen LogP contribution in [0.25, 0.3) is 0 Å². The molecule has 7 unspecified atom stereocenters. The summed E-state index contributed by atoms with van der Waals surface area (Å²) >= 11 is 0. The van der Waals surface area contributed by atoms with Gasteiger partial charge in [0.1, 0.15) is 6.29 Å². The maximum Gasteiger partial charge on any atom is 0.120 e. The van der Waals surface area contributed by atoms with Crippen LogP contribution >= 0.6 is 0 Å². The van der Waals surface area contributed by atoms with Crippen LogP contribution in [0.15, 0.2) is 30.3 Å². The molecule has 0 saturated heterocycles. The van der Waals surface area contributed by atoms with Crippen molar-refractivity contribution in [2.24, 2.45) is 40.9 Å². The summed E-state index contributed by atoms with van der Waals surface area (Å²) in [6.07, 6.45) is 16.8. The molecule has 0 spiro atoms. The van der Waals surface area contributed by atoms with Crippen molar-refractivity contribution < 1.29 is 9.53 Å². The van der Waals surface area contributed by atoms with Gasteiger partial charge in [0.2, 0.25) is 0 Å². The van der Waals surface area contributed by atoms with Crippen molar-refractivity contribution in [3.8, 4) is 0 Å². The molecule has 1 aromatic rings. The summed E-state index contributed by atoms with van der Waals surface area (Å²) in [5.41, 5.74) is 1.73. The van der Waals surface area contributed by atoms with Gasteiger partial charge < -0.3 is 9.53 Å². The fourth-order valence-electron chi connectivity index (χ4n) is 8.18. The van der Waals surface area contributed by atoms with Gasteiger partial charge >= 0.3 is 0 Å². The zero-order chi connectivity index (χ0) is 23.0. The normalized spacial score (nSPS) is 37.4. The zero-order valence-electron chi connectivity index (χ0n) is 21.2. The summed E-state index contributed by atoms with van der Waals surface area (Å²) in [6, 6.07) is 10.1. The maximum atomic E-state index is 11.0. The third-order valence-corrected chi connectivity index (χ3v) is 9.61. The number of rotatable bonds is 4. The van der Waals surface area contributed by atoms with Crippen molar-refractivity contribution >= 4 is 6.29 Å². The molecule has 0 radical (unpaired) electrons. The summed E-state index contributed by atoms with van der Waals surface area (Å²) in [7, 11) is 1.70. The predicted octanol–water partition coefficient (Wildman–Crippen LogP) is 8.09. The molecule has 4 saturated carbocycles. The highest BCUT2D eigenvalue weighted by molar-refractivity contribution is 5.50. The molecule has 4 fully saturated rings. The minimum absolute atomic E-state index is 0.504. The summed E-state index contributed by atoms with van der Waals surface area (Å²) < 4.78 is 4.93. The largest absolute Gasteiger partial charge is 0.380 e. The molecule has 1 aromatic carbocycles. The molecule has 4 aliphatic carbocycles. The van der Waals surface area contributed by atoms with Crippen molar-refractivity contribution in [1.29, 1.82) is 0 Å². The highest BCUT2D eigenvalue weighted by atomic mass is 16.5. The molecule has 0 aromatic heterocycles. The van der Waals surface area contributed by atoms with Crippen molar-refractivity contribution in [2.75, 3.05) is 7.11 Å². The molecule has 2 nitrogen and oxygen atoms in total. The van der Waals surface area contributed by atoms with Crippen LogP contribution in [0.4, 0.5) is 0 Å². The third kappa shape index (κ3) is 5.49. The van der Waals surface area contributed by atoms with Crippen molar-refractivity contribution in [3.63, 3.8) is 0 Å². The smallest absolute Gasteiger partial charge is 0.120 e. The first kappa shape index (κ1) is 25.5. The lowest BCUT2D eigenvalue weighted by molar-refractivity contribution is -0.110. The van der Waals surface area contributed by atoms with E-state index in [1.54, 1.807) is 7.11 Å². The van der Waals surface area contributed by atoms with Gasteiger partial charge in [-0.25, -0.2) is 0 Å². The molecule has 2 heteroatoms. The van der Waals surface area contributed by atoms with E-state index in [-0.39, 0.29) is 0 Å².